The van der Waals surface area contributed by atoms with Gasteiger partial charge in [0.1, 0.15) is 11.2 Å². The summed E-state index contributed by atoms with van der Waals surface area (Å²) < 4.78 is 6.57. The molecule has 0 amide bonds. The predicted octanol–water partition coefficient (Wildman–Crippen LogP) is 14.0. The third-order valence-electron chi connectivity index (χ3n) is 10.2. The van der Waals surface area contributed by atoms with Gasteiger partial charge in [-0.2, -0.15) is 11.8 Å². The van der Waals surface area contributed by atoms with E-state index in [2.05, 4.69) is 175 Å². The van der Waals surface area contributed by atoms with Gasteiger partial charge in [0, 0.05) is 45.3 Å². The molecule has 0 radical (unpaired) electrons. The Morgan fingerprint density at radius 2 is 1.10 bits per heavy atom. The molecule has 0 saturated heterocycles. The highest BCUT2D eigenvalue weighted by Crippen LogP contribution is 2.48. The Morgan fingerprint density at radius 3 is 1.92 bits per heavy atom. The molecule has 1 aliphatic heterocycles. The molecule has 2 nitrogen and oxygen atoms in total. The van der Waals surface area contributed by atoms with E-state index >= 15 is 0 Å². The fourth-order valence-corrected chi connectivity index (χ4v) is 8.80. The number of nitrogens with zero attached hydrogens (tertiary/aromatic N) is 1. The molecule has 51 heavy (non-hydrogen) atoms. The number of para-hydroxylation sites is 1. The van der Waals surface area contributed by atoms with E-state index in [1.807, 2.05) is 17.8 Å². The monoisotopic (exact) mass is 671 g/mol. The zero-order valence-corrected chi connectivity index (χ0v) is 28.7. The van der Waals surface area contributed by atoms with Crippen molar-refractivity contribution in [3.8, 4) is 33.4 Å². The summed E-state index contributed by atoms with van der Waals surface area (Å²) in [5.74, 6) is 2.07. The highest BCUT2D eigenvalue weighted by atomic mass is 32.2. The average molecular weight is 672 g/mol. The number of benzene rings is 8. The summed E-state index contributed by atoms with van der Waals surface area (Å²) in [5, 5.41) is 4.69. The van der Waals surface area contributed by atoms with E-state index in [0.29, 0.717) is 0 Å². The normalized spacial score (nSPS) is 12.5. The lowest BCUT2D eigenvalue weighted by Gasteiger charge is -2.29. The van der Waals surface area contributed by atoms with Crippen LogP contribution in [0.1, 0.15) is 11.1 Å². The lowest BCUT2D eigenvalue weighted by atomic mass is 9.93. The highest BCUT2D eigenvalue weighted by molar-refractivity contribution is 7.98. The van der Waals surface area contributed by atoms with E-state index in [-0.39, 0.29) is 0 Å². The van der Waals surface area contributed by atoms with Crippen molar-refractivity contribution in [2.24, 2.45) is 0 Å². The second kappa shape index (κ2) is 12.4. The van der Waals surface area contributed by atoms with Crippen LogP contribution < -0.4 is 4.90 Å². The molecule has 0 aliphatic carbocycles. The zero-order chi connectivity index (χ0) is 33.7. The van der Waals surface area contributed by atoms with Gasteiger partial charge in [-0.3, -0.25) is 0 Å². The first-order valence-corrected chi connectivity index (χ1v) is 18.6. The van der Waals surface area contributed by atoms with E-state index in [4.69, 9.17) is 4.42 Å². The van der Waals surface area contributed by atoms with E-state index < -0.39 is 0 Å². The van der Waals surface area contributed by atoms with Crippen LogP contribution >= 0.6 is 11.8 Å². The zero-order valence-electron chi connectivity index (χ0n) is 27.9. The first-order chi connectivity index (χ1) is 25.3. The van der Waals surface area contributed by atoms with Crippen molar-refractivity contribution >= 4 is 61.5 Å². The lowest BCUT2D eigenvalue weighted by Crippen LogP contribution is -2.11. The van der Waals surface area contributed by atoms with Gasteiger partial charge in [0.15, 0.2) is 0 Å². The summed E-state index contributed by atoms with van der Waals surface area (Å²) in [7, 11) is 0. The number of thioether (sulfide) groups is 1. The minimum Gasteiger partial charge on any atom is -0.456 e. The fraction of sp³-hybridized carbons (Fsp3) is 0.0417. The molecule has 0 atom stereocenters. The van der Waals surface area contributed by atoms with Crippen LogP contribution in [0, 0.1) is 0 Å². The van der Waals surface area contributed by atoms with Crippen molar-refractivity contribution in [1.82, 2.24) is 0 Å². The van der Waals surface area contributed by atoms with Crippen LogP contribution in [0.4, 0.5) is 17.1 Å². The van der Waals surface area contributed by atoms with Crippen molar-refractivity contribution in [2.75, 3.05) is 4.90 Å². The van der Waals surface area contributed by atoms with E-state index in [0.717, 1.165) is 50.5 Å². The van der Waals surface area contributed by atoms with Gasteiger partial charge in [0.05, 0.1) is 5.69 Å². The predicted molar refractivity (Wildman–Crippen MR) is 217 cm³/mol. The molecule has 8 aromatic carbocycles. The lowest BCUT2D eigenvalue weighted by molar-refractivity contribution is 0.669. The third-order valence-corrected chi connectivity index (χ3v) is 11.2. The topological polar surface area (TPSA) is 16.4 Å². The maximum Gasteiger partial charge on any atom is 0.137 e. The SMILES string of the molecule is c1ccc(-c2ccc(N(c3ccc4cc(-c5ccccc5)ccc4c3)c3cc4oc5ccccc5c4cc3-c3cccc4c3CSC4)cc2)cc1. The van der Waals surface area contributed by atoms with Gasteiger partial charge in [-0.1, -0.05) is 127 Å². The number of hydrogen-bond acceptors (Lipinski definition) is 3. The van der Waals surface area contributed by atoms with Gasteiger partial charge in [-0.15, -0.1) is 0 Å². The summed E-state index contributed by atoms with van der Waals surface area (Å²) in [6, 6.07) is 63.7. The summed E-state index contributed by atoms with van der Waals surface area (Å²) in [5.41, 5.74) is 15.3. The summed E-state index contributed by atoms with van der Waals surface area (Å²) in [6.07, 6.45) is 0. The molecule has 9 aromatic rings. The summed E-state index contributed by atoms with van der Waals surface area (Å²) in [6.45, 7) is 0. The Kier molecular flexibility index (Phi) is 7.25. The van der Waals surface area contributed by atoms with Gasteiger partial charge >= 0.3 is 0 Å². The maximum atomic E-state index is 6.57. The number of hydrogen-bond donors (Lipinski definition) is 0. The molecule has 0 bridgehead atoms. The number of anilines is 3. The first kappa shape index (κ1) is 29.8. The molecule has 10 rings (SSSR count). The second-order valence-electron chi connectivity index (χ2n) is 13.3. The first-order valence-electron chi connectivity index (χ1n) is 17.5. The number of furan rings is 1. The molecule has 1 aliphatic rings. The highest BCUT2D eigenvalue weighted by Gasteiger charge is 2.24. The Morgan fingerprint density at radius 1 is 0.431 bits per heavy atom. The van der Waals surface area contributed by atoms with Crippen molar-refractivity contribution in [1.29, 1.82) is 0 Å². The van der Waals surface area contributed by atoms with Crippen LogP contribution in [0.15, 0.2) is 180 Å². The van der Waals surface area contributed by atoms with Crippen molar-refractivity contribution in [3.05, 3.63) is 187 Å². The Bertz CT molecular complexity index is 2710. The Balaban J connectivity index is 1.21. The standard InChI is InChI=1S/C48H33NOS/c1-3-10-32(11-4-1)34-20-23-39(24-21-34)49(40-25-22-36-26-35(18-19-37(36)27-40)33-12-5-2-6-13-33)46-29-48-44(42-15-7-8-17-47(42)50-48)28-43(46)41-16-9-14-38-30-51-31-45(38)41/h1-29H,30-31H2. The van der Waals surface area contributed by atoms with Crippen LogP contribution in [-0.2, 0) is 11.5 Å². The van der Waals surface area contributed by atoms with Gasteiger partial charge in [-0.25, -0.2) is 0 Å². The van der Waals surface area contributed by atoms with Gasteiger partial charge in [-0.05, 0) is 92.2 Å². The summed E-state index contributed by atoms with van der Waals surface area (Å²) in [4.78, 5) is 2.42. The Labute approximate surface area is 301 Å². The molecular formula is C48H33NOS. The molecule has 0 spiro atoms. The van der Waals surface area contributed by atoms with Crippen molar-refractivity contribution < 1.29 is 4.42 Å². The third kappa shape index (κ3) is 5.29. The smallest absolute Gasteiger partial charge is 0.137 e. The molecular weight excluding hydrogens is 639 g/mol. The van der Waals surface area contributed by atoms with Crippen LogP contribution in [0.3, 0.4) is 0 Å². The van der Waals surface area contributed by atoms with Crippen LogP contribution in [0.2, 0.25) is 0 Å². The molecule has 0 N–H and O–H groups in total. The quantitative estimate of drug-likeness (QED) is 0.175. The maximum absolute atomic E-state index is 6.57. The van der Waals surface area contributed by atoms with Crippen LogP contribution in [0.5, 0.6) is 0 Å². The fourth-order valence-electron chi connectivity index (χ4n) is 7.66. The van der Waals surface area contributed by atoms with E-state index in [1.54, 1.807) is 0 Å². The van der Waals surface area contributed by atoms with Crippen LogP contribution in [-0.4, -0.2) is 0 Å². The van der Waals surface area contributed by atoms with Gasteiger partial charge in [0.2, 0.25) is 0 Å². The molecule has 0 fully saturated rings. The molecule has 1 aromatic heterocycles. The number of fused-ring (bicyclic) bond motifs is 5. The number of rotatable bonds is 6. The van der Waals surface area contributed by atoms with Crippen molar-refractivity contribution in [2.45, 2.75) is 11.5 Å². The van der Waals surface area contributed by atoms with Crippen molar-refractivity contribution in [3.63, 3.8) is 0 Å². The minimum absolute atomic E-state index is 0.885. The molecule has 2 heterocycles. The Hall–Kier alpha value is -6.03. The van der Waals surface area contributed by atoms with E-state index in [9.17, 15) is 0 Å². The minimum atomic E-state index is 0.885. The molecule has 0 unspecified atom stereocenters. The van der Waals surface area contributed by atoms with Gasteiger partial charge < -0.3 is 9.32 Å². The molecule has 0 saturated carbocycles. The largest absolute Gasteiger partial charge is 0.456 e. The van der Waals surface area contributed by atoms with E-state index in [1.165, 1.54) is 55.3 Å². The average Bonchev–Trinajstić information content (AvgIpc) is 3.83. The molecule has 3 heteroatoms. The second-order valence-corrected chi connectivity index (χ2v) is 14.2. The molecule has 242 valence electrons. The van der Waals surface area contributed by atoms with Gasteiger partial charge in [0.25, 0.3) is 0 Å². The summed E-state index contributed by atoms with van der Waals surface area (Å²) >= 11 is 1.99. The van der Waals surface area contributed by atoms with Crippen LogP contribution in [0.25, 0.3) is 66.1 Å².